The van der Waals surface area contributed by atoms with E-state index < -0.39 is 12.0 Å². The number of hydrogen-bond donors (Lipinski definition) is 4. The number of aromatic nitrogens is 4. The second kappa shape index (κ2) is 11.4. The summed E-state index contributed by atoms with van der Waals surface area (Å²) in [7, 11) is 3.56. The zero-order valence-corrected chi connectivity index (χ0v) is 24.9. The fourth-order valence-electron chi connectivity index (χ4n) is 5.58. The van der Waals surface area contributed by atoms with Crippen molar-refractivity contribution < 1.29 is 19.5 Å². The highest BCUT2D eigenvalue weighted by atomic mass is 35.5. The molecule has 0 bridgehead atoms. The third-order valence-corrected chi connectivity index (χ3v) is 8.66. The van der Waals surface area contributed by atoms with E-state index in [9.17, 15) is 19.5 Å². The fourth-order valence-corrected chi connectivity index (χ4v) is 6.13. The monoisotopic (exact) mass is 622 g/mol. The highest BCUT2D eigenvalue weighted by Gasteiger charge is 2.28. The van der Waals surface area contributed by atoms with Crippen molar-refractivity contribution in [2.45, 2.75) is 25.9 Å². The first-order valence-corrected chi connectivity index (χ1v) is 14.4. The summed E-state index contributed by atoms with van der Waals surface area (Å²) >= 11 is 13.6. The quantitative estimate of drug-likeness (QED) is 0.259. The van der Waals surface area contributed by atoms with Crippen LogP contribution in [0.3, 0.4) is 0 Å². The van der Waals surface area contributed by atoms with E-state index in [1.165, 1.54) is 4.90 Å². The summed E-state index contributed by atoms with van der Waals surface area (Å²) in [6.45, 7) is 1.90. The highest BCUT2D eigenvalue weighted by Crippen LogP contribution is 2.40. The molecule has 2 aromatic heterocycles. The van der Waals surface area contributed by atoms with Crippen molar-refractivity contribution in [3.8, 4) is 11.1 Å². The molecule has 0 radical (unpaired) electrons. The van der Waals surface area contributed by atoms with E-state index in [0.29, 0.717) is 53.5 Å². The zero-order chi connectivity index (χ0) is 30.4. The number of benzene rings is 2. The molecule has 0 atom stereocenters. The Bertz CT molecular complexity index is 1800. The van der Waals surface area contributed by atoms with Gasteiger partial charge in [0.2, 0.25) is 0 Å². The van der Waals surface area contributed by atoms with Gasteiger partial charge in [-0.05, 0) is 12.1 Å². The molecule has 0 aliphatic carbocycles. The number of rotatable bonds is 5. The Morgan fingerprint density at radius 3 is 1.91 bits per heavy atom. The predicted octanol–water partition coefficient (Wildman–Crippen LogP) is 4.31. The van der Waals surface area contributed by atoms with E-state index in [1.54, 1.807) is 48.0 Å². The van der Waals surface area contributed by atoms with Crippen LogP contribution in [0.15, 0.2) is 36.4 Å². The third-order valence-electron chi connectivity index (χ3n) is 7.84. The van der Waals surface area contributed by atoms with Gasteiger partial charge in [-0.2, -0.15) is 0 Å². The molecule has 14 heteroatoms. The molecule has 4 heterocycles. The topological polar surface area (TPSA) is 146 Å². The Morgan fingerprint density at radius 2 is 1.37 bits per heavy atom. The average Bonchev–Trinajstić information content (AvgIpc) is 3.51. The molecule has 4 N–H and O–H groups in total. The number of carboxylic acid groups (broad SMARTS) is 1. The van der Waals surface area contributed by atoms with Gasteiger partial charge in [-0.15, -0.1) is 0 Å². The molecule has 6 rings (SSSR count). The molecular formula is C29H28Cl2N8O4. The van der Waals surface area contributed by atoms with Crippen molar-refractivity contribution in [2.75, 3.05) is 23.7 Å². The lowest BCUT2D eigenvalue weighted by molar-refractivity contribution is 0.100. The van der Waals surface area contributed by atoms with Crippen LogP contribution in [0.5, 0.6) is 0 Å². The molecule has 0 saturated carbocycles. The van der Waals surface area contributed by atoms with Crippen LogP contribution in [-0.4, -0.2) is 60.1 Å². The van der Waals surface area contributed by atoms with E-state index in [0.717, 1.165) is 30.0 Å². The van der Waals surface area contributed by atoms with Crippen molar-refractivity contribution in [1.29, 1.82) is 0 Å². The number of carbonyl (C=O) groups excluding carboxylic acids is 2. The van der Waals surface area contributed by atoms with Crippen LogP contribution in [0.2, 0.25) is 10.0 Å². The maximum Gasteiger partial charge on any atom is 0.407 e. The smallest absolute Gasteiger partial charge is 0.407 e. The van der Waals surface area contributed by atoms with Gasteiger partial charge in [-0.1, -0.05) is 47.5 Å². The van der Waals surface area contributed by atoms with Crippen molar-refractivity contribution in [2.24, 2.45) is 14.1 Å². The van der Waals surface area contributed by atoms with Gasteiger partial charge >= 0.3 is 6.09 Å². The third kappa shape index (κ3) is 5.22. The Hall–Kier alpha value is -4.39. The molecule has 2 aliphatic rings. The summed E-state index contributed by atoms with van der Waals surface area (Å²) < 4.78 is 3.49. The molecular weight excluding hydrogens is 595 g/mol. The van der Waals surface area contributed by atoms with Crippen LogP contribution in [0, 0.1) is 0 Å². The molecule has 2 aromatic carbocycles. The molecule has 0 unspecified atom stereocenters. The highest BCUT2D eigenvalue weighted by molar-refractivity contribution is 6.40. The van der Waals surface area contributed by atoms with Crippen LogP contribution in [-0.2, 0) is 40.0 Å². The lowest BCUT2D eigenvalue weighted by Crippen LogP contribution is -2.35. The van der Waals surface area contributed by atoms with Gasteiger partial charge < -0.3 is 35.1 Å². The second-order valence-corrected chi connectivity index (χ2v) is 11.2. The maximum atomic E-state index is 13.3. The van der Waals surface area contributed by atoms with E-state index in [4.69, 9.17) is 23.2 Å². The number of nitrogens with one attached hydrogen (secondary N) is 3. The number of fused-ring (bicyclic) bond motifs is 2. The fraction of sp³-hybridized carbons (Fsp3) is 0.276. The molecule has 3 amide bonds. The SMILES string of the molecule is Cn1c(C(=O)Nc2cccc(-c3cccc(NC(=O)c4nc5c(n4C)CCN(C(=O)O)C5)c3Cl)c2Cl)nc2c1CCNC2. The van der Waals surface area contributed by atoms with E-state index in [2.05, 4.69) is 25.9 Å². The van der Waals surface area contributed by atoms with Gasteiger partial charge in [-0.25, -0.2) is 14.8 Å². The maximum absolute atomic E-state index is 13.3. The second-order valence-electron chi connectivity index (χ2n) is 10.4. The van der Waals surface area contributed by atoms with Gasteiger partial charge in [0.05, 0.1) is 39.4 Å². The Morgan fingerprint density at radius 1 is 0.837 bits per heavy atom. The molecule has 0 saturated heterocycles. The van der Waals surface area contributed by atoms with Crippen molar-refractivity contribution in [3.63, 3.8) is 0 Å². The lowest BCUT2D eigenvalue weighted by atomic mass is 10.0. The van der Waals surface area contributed by atoms with Gasteiger partial charge in [0.1, 0.15) is 0 Å². The van der Waals surface area contributed by atoms with Gasteiger partial charge in [0.15, 0.2) is 11.6 Å². The number of hydrogen-bond acceptors (Lipinski definition) is 6. The number of carbonyl (C=O) groups is 3. The normalized spacial score (nSPS) is 14.2. The predicted molar refractivity (Wildman–Crippen MR) is 162 cm³/mol. The minimum atomic E-state index is -1.03. The van der Waals surface area contributed by atoms with Crippen molar-refractivity contribution >= 4 is 52.5 Å². The first-order valence-electron chi connectivity index (χ1n) is 13.6. The van der Waals surface area contributed by atoms with Crippen LogP contribution in [0.1, 0.15) is 44.0 Å². The summed E-state index contributed by atoms with van der Waals surface area (Å²) in [5.74, 6) is -0.428. The summed E-state index contributed by atoms with van der Waals surface area (Å²) in [6, 6.07) is 10.4. The molecule has 12 nitrogen and oxygen atoms in total. The van der Waals surface area contributed by atoms with Gasteiger partial charge in [-0.3, -0.25) is 9.59 Å². The number of imidazole rings is 2. The Balaban J connectivity index is 1.24. The lowest BCUT2D eigenvalue weighted by Gasteiger charge is -2.23. The largest absolute Gasteiger partial charge is 0.465 e. The van der Waals surface area contributed by atoms with Crippen LogP contribution in [0.25, 0.3) is 11.1 Å². The zero-order valence-electron chi connectivity index (χ0n) is 23.4. The minimum absolute atomic E-state index is 0.118. The molecule has 0 fully saturated rings. The molecule has 222 valence electrons. The van der Waals surface area contributed by atoms with Gasteiger partial charge in [0.25, 0.3) is 11.8 Å². The average molecular weight is 624 g/mol. The Kier molecular flexibility index (Phi) is 7.59. The van der Waals surface area contributed by atoms with E-state index in [-0.39, 0.29) is 28.3 Å². The molecule has 2 aliphatic heterocycles. The number of nitrogens with zero attached hydrogens (tertiary/aromatic N) is 5. The van der Waals surface area contributed by atoms with Crippen molar-refractivity contribution in [1.82, 2.24) is 29.3 Å². The molecule has 0 spiro atoms. The number of halogens is 2. The van der Waals surface area contributed by atoms with E-state index >= 15 is 0 Å². The van der Waals surface area contributed by atoms with Crippen LogP contribution < -0.4 is 16.0 Å². The van der Waals surface area contributed by atoms with Gasteiger partial charge in [0, 0.05) is 69.1 Å². The standard InChI is InChI=1S/C29H28Cl2N8O4/c1-37-21-9-11-32-13-19(21)33-25(37)27(40)35-17-7-3-5-15(23(17)30)16-6-4-8-18(24(16)31)36-28(41)26-34-20-14-39(29(42)43)12-10-22(20)38(26)2/h3-8,32H,9-14H2,1-2H3,(H,35,40)(H,36,41)(H,42,43). The first kappa shape index (κ1) is 28.7. The number of amides is 3. The van der Waals surface area contributed by atoms with Crippen LogP contribution >= 0.6 is 23.2 Å². The molecule has 4 aromatic rings. The summed E-state index contributed by atoms with van der Waals surface area (Å²) in [6.07, 6.45) is 0.222. The Labute approximate surface area is 256 Å². The minimum Gasteiger partial charge on any atom is -0.465 e. The van der Waals surface area contributed by atoms with Crippen molar-refractivity contribution in [3.05, 3.63) is 80.9 Å². The van der Waals surface area contributed by atoms with Crippen LogP contribution in [0.4, 0.5) is 16.2 Å². The summed E-state index contributed by atoms with van der Waals surface area (Å²) in [5.41, 5.74) is 5.10. The number of anilines is 2. The van der Waals surface area contributed by atoms with E-state index in [1.807, 2.05) is 11.6 Å². The summed E-state index contributed by atoms with van der Waals surface area (Å²) in [5, 5.41) is 18.8. The molecule has 43 heavy (non-hydrogen) atoms. The first-order chi connectivity index (χ1) is 20.6. The summed E-state index contributed by atoms with van der Waals surface area (Å²) in [4.78, 5) is 48.1.